The van der Waals surface area contributed by atoms with Gasteiger partial charge < -0.3 is 5.73 Å². The third kappa shape index (κ3) is 2.96. The summed E-state index contributed by atoms with van der Waals surface area (Å²) in [6, 6.07) is 6.85. The van der Waals surface area contributed by atoms with Crippen molar-refractivity contribution in [3.63, 3.8) is 0 Å². The van der Waals surface area contributed by atoms with E-state index >= 15 is 0 Å². The minimum Gasteiger partial charge on any atom is -0.398 e. The molecule has 4 heteroatoms. The predicted molar refractivity (Wildman–Crippen MR) is 83.0 cm³/mol. The minimum atomic E-state index is 0.770. The molecule has 2 fully saturated rings. The van der Waals surface area contributed by atoms with Crippen molar-refractivity contribution in [2.75, 3.05) is 31.9 Å². The molecule has 1 aromatic rings. The van der Waals surface area contributed by atoms with E-state index in [1.807, 2.05) is 12.1 Å². The van der Waals surface area contributed by atoms with Crippen LogP contribution in [0.15, 0.2) is 22.7 Å². The van der Waals surface area contributed by atoms with Crippen LogP contribution in [0, 0.1) is 0 Å². The first kappa shape index (κ1) is 13.4. The molecule has 0 saturated carbocycles. The van der Waals surface area contributed by atoms with Crippen LogP contribution in [0.2, 0.25) is 0 Å². The van der Waals surface area contributed by atoms with E-state index in [2.05, 4.69) is 31.8 Å². The number of piperidine rings is 1. The first-order valence-corrected chi connectivity index (χ1v) is 8.02. The molecule has 0 bridgehead atoms. The Morgan fingerprint density at radius 3 is 2.95 bits per heavy atom. The summed E-state index contributed by atoms with van der Waals surface area (Å²) >= 11 is 3.63. The van der Waals surface area contributed by atoms with Gasteiger partial charge in [-0.3, -0.25) is 9.80 Å². The van der Waals surface area contributed by atoms with Gasteiger partial charge in [0, 0.05) is 47.9 Å². The fourth-order valence-electron chi connectivity index (χ4n) is 3.33. The lowest BCUT2D eigenvalue weighted by atomic mass is 9.99. The molecule has 0 aromatic heterocycles. The zero-order chi connectivity index (χ0) is 13.2. The van der Waals surface area contributed by atoms with E-state index in [4.69, 9.17) is 5.73 Å². The average molecular weight is 324 g/mol. The molecule has 19 heavy (non-hydrogen) atoms. The van der Waals surface area contributed by atoms with Gasteiger partial charge in [-0.15, -0.1) is 0 Å². The number of nitrogen functional groups attached to an aromatic ring is 1. The van der Waals surface area contributed by atoms with Gasteiger partial charge in [-0.1, -0.05) is 28.4 Å². The molecule has 3 nitrogen and oxygen atoms in total. The Labute approximate surface area is 123 Å². The summed E-state index contributed by atoms with van der Waals surface area (Å²) in [7, 11) is 0. The Hall–Kier alpha value is -0.580. The number of halogens is 1. The van der Waals surface area contributed by atoms with Gasteiger partial charge in [0.2, 0.25) is 0 Å². The van der Waals surface area contributed by atoms with Gasteiger partial charge in [0.15, 0.2) is 0 Å². The highest BCUT2D eigenvalue weighted by Crippen LogP contribution is 2.27. The maximum absolute atomic E-state index is 6.10. The van der Waals surface area contributed by atoms with Crippen LogP contribution < -0.4 is 5.73 Å². The minimum absolute atomic E-state index is 0.770. The van der Waals surface area contributed by atoms with Crippen LogP contribution >= 0.6 is 15.9 Å². The monoisotopic (exact) mass is 323 g/mol. The van der Waals surface area contributed by atoms with Crippen molar-refractivity contribution in [2.24, 2.45) is 0 Å². The van der Waals surface area contributed by atoms with Gasteiger partial charge in [-0.05, 0) is 31.5 Å². The van der Waals surface area contributed by atoms with Crippen LogP contribution in [0.3, 0.4) is 0 Å². The van der Waals surface area contributed by atoms with Gasteiger partial charge in [0.05, 0.1) is 0 Å². The fourth-order valence-corrected chi connectivity index (χ4v) is 3.84. The Kier molecular flexibility index (Phi) is 4.10. The normalized spacial score (nSPS) is 25.2. The van der Waals surface area contributed by atoms with Crippen LogP contribution in [0.25, 0.3) is 0 Å². The van der Waals surface area contributed by atoms with Crippen molar-refractivity contribution in [3.05, 3.63) is 28.2 Å². The zero-order valence-electron chi connectivity index (χ0n) is 11.3. The van der Waals surface area contributed by atoms with Crippen molar-refractivity contribution < 1.29 is 0 Å². The molecule has 0 spiro atoms. The van der Waals surface area contributed by atoms with Crippen molar-refractivity contribution in [1.82, 2.24) is 9.80 Å². The molecular weight excluding hydrogens is 302 g/mol. The average Bonchev–Trinajstić information content (AvgIpc) is 2.43. The van der Waals surface area contributed by atoms with E-state index in [9.17, 15) is 0 Å². The molecule has 3 rings (SSSR count). The lowest BCUT2D eigenvalue weighted by molar-refractivity contribution is 0.0457. The molecule has 0 aliphatic carbocycles. The van der Waals surface area contributed by atoms with E-state index in [0.29, 0.717) is 0 Å². The van der Waals surface area contributed by atoms with E-state index in [0.717, 1.165) is 29.3 Å². The van der Waals surface area contributed by atoms with Gasteiger partial charge >= 0.3 is 0 Å². The van der Waals surface area contributed by atoms with Crippen molar-refractivity contribution >= 4 is 21.6 Å². The number of nitrogens with zero attached hydrogens (tertiary/aromatic N) is 2. The quantitative estimate of drug-likeness (QED) is 0.849. The Morgan fingerprint density at radius 2 is 2.11 bits per heavy atom. The van der Waals surface area contributed by atoms with E-state index in [1.165, 1.54) is 44.5 Å². The molecule has 0 radical (unpaired) electrons. The molecular formula is C15H22BrN3. The lowest BCUT2D eigenvalue weighted by Crippen LogP contribution is -2.54. The van der Waals surface area contributed by atoms with Gasteiger partial charge in [-0.25, -0.2) is 0 Å². The van der Waals surface area contributed by atoms with Crippen molar-refractivity contribution in [3.8, 4) is 0 Å². The largest absolute Gasteiger partial charge is 0.398 e. The molecule has 2 heterocycles. The molecule has 2 N–H and O–H groups in total. The molecule has 1 atom stereocenters. The van der Waals surface area contributed by atoms with Gasteiger partial charge in [-0.2, -0.15) is 0 Å². The van der Waals surface area contributed by atoms with Crippen LogP contribution in [-0.4, -0.2) is 42.0 Å². The first-order valence-electron chi connectivity index (χ1n) is 7.23. The summed E-state index contributed by atoms with van der Waals surface area (Å²) in [5.41, 5.74) is 8.25. The maximum atomic E-state index is 6.10. The second-order valence-corrected chi connectivity index (χ2v) is 6.58. The number of nitrogens with two attached hydrogens (primary N) is 1. The Morgan fingerprint density at radius 1 is 1.21 bits per heavy atom. The highest BCUT2D eigenvalue weighted by Gasteiger charge is 2.29. The number of piperazine rings is 1. The maximum Gasteiger partial charge on any atom is 0.0371 e. The third-order valence-electron chi connectivity index (χ3n) is 4.46. The smallest absolute Gasteiger partial charge is 0.0371 e. The van der Waals surface area contributed by atoms with E-state index < -0.39 is 0 Å². The number of fused-ring (bicyclic) bond motifs is 1. The highest BCUT2D eigenvalue weighted by atomic mass is 79.9. The number of hydrogen-bond acceptors (Lipinski definition) is 3. The molecule has 2 aliphatic heterocycles. The summed E-state index contributed by atoms with van der Waals surface area (Å²) in [5.74, 6) is 0. The standard InChI is InChI=1S/C15H22BrN3/c16-14-5-3-6-15(17)13(14)11-18-8-9-19-7-2-1-4-12(19)10-18/h3,5-6,12H,1-2,4,7-11,17H2. The molecule has 104 valence electrons. The van der Waals surface area contributed by atoms with Crippen molar-refractivity contribution in [2.45, 2.75) is 31.8 Å². The molecule has 1 aromatic carbocycles. The Bertz CT molecular complexity index is 429. The number of hydrogen-bond donors (Lipinski definition) is 1. The predicted octanol–water partition coefficient (Wildman–Crippen LogP) is 2.70. The number of anilines is 1. The van der Waals surface area contributed by atoms with E-state index in [1.54, 1.807) is 0 Å². The molecule has 0 amide bonds. The second kappa shape index (κ2) is 5.81. The zero-order valence-corrected chi connectivity index (χ0v) is 12.9. The fraction of sp³-hybridized carbons (Fsp3) is 0.600. The van der Waals surface area contributed by atoms with Crippen LogP contribution in [0.1, 0.15) is 24.8 Å². The second-order valence-electron chi connectivity index (χ2n) is 5.73. The summed E-state index contributed by atoms with van der Waals surface area (Å²) < 4.78 is 1.14. The molecule has 2 saturated heterocycles. The summed E-state index contributed by atoms with van der Waals surface area (Å²) in [6.07, 6.45) is 4.14. The summed E-state index contributed by atoms with van der Waals surface area (Å²) in [4.78, 5) is 5.23. The molecule has 1 unspecified atom stereocenters. The lowest BCUT2D eigenvalue weighted by Gasteiger charge is -2.44. The summed E-state index contributed by atoms with van der Waals surface area (Å²) in [5, 5.41) is 0. The van der Waals surface area contributed by atoms with Crippen LogP contribution in [0.5, 0.6) is 0 Å². The topological polar surface area (TPSA) is 32.5 Å². The third-order valence-corrected chi connectivity index (χ3v) is 5.20. The summed E-state index contributed by atoms with van der Waals surface area (Å²) in [6.45, 7) is 5.85. The first-order chi connectivity index (χ1) is 9.24. The van der Waals surface area contributed by atoms with Gasteiger partial charge in [0.1, 0.15) is 0 Å². The van der Waals surface area contributed by atoms with E-state index in [-0.39, 0.29) is 0 Å². The van der Waals surface area contributed by atoms with Crippen LogP contribution in [0.4, 0.5) is 5.69 Å². The van der Waals surface area contributed by atoms with Crippen molar-refractivity contribution in [1.29, 1.82) is 0 Å². The number of benzene rings is 1. The van der Waals surface area contributed by atoms with Gasteiger partial charge in [0.25, 0.3) is 0 Å². The number of rotatable bonds is 2. The highest BCUT2D eigenvalue weighted by molar-refractivity contribution is 9.10. The molecule has 2 aliphatic rings. The Balaban J connectivity index is 1.67. The SMILES string of the molecule is Nc1cccc(Br)c1CN1CCN2CCCCC2C1. The van der Waals surface area contributed by atoms with Crippen LogP contribution in [-0.2, 0) is 6.54 Å².